The fourth-order valence-electron chi connectivity index (χ4n) is 3.08. The molecule has 0 atom stereocenters. The normalized spacial score (nSPS) is 14.1. The van der Waals surface area contributed by atoms with E-state index in [0.29, 0.717) is 6.54 Å². The SMILES string of the molecule is Cn1nc(CNC(=O)c2ccc(OC(F)(F)F)cc2)c2c1CCCC2. The van der Waals surface area contributed by atoms with Crippen LogP contribution in [0.25, 0.3) is 0 Å². The predicted octanol–water partition coefficient (Wildman–Crippen LogP) is 3.13. The summed E-state index contributed by atoms with van der Waals surface area (Å²) in [6.07, 6.45) is -0.544. The minimum Gasteiger partial charge on any atom is -0.406 e. The number of carbonyl (C=O) groups excluding carboxylic acids is 1. The number of amides is 1. The van der Waals surface area contributed by atoms with Gasteiger partial charge < -0.3 is 10.1 Å². The van der Waals surface area contributed by atoms with Gasteiger partial charge in [0, 0.05) is 18.3 Å². The second-order valence-electron chi connectivity index (χ2n) is 5.96. The quantitative estimate of drug-likeness (QED) is 0.919. The standard InChI is InChI=1S/C17H18F3N3O2/c1-23-15-5-3-2-4-13(15)14(22-23)10-21-16(24)11-6-8-12(9-7-11)25-17(18,19)20/h6-9H,2-5,10H2,1H3,(H,21,24). The van der Waals surface area contributed by atoms with Gasteiger partial charge in [-0.05, 0) is 55.5 Å². The van der Waals surface area contributed by atoms with E-state index < -0.39 is 6.36 Å². The molecular weight excluding hydrogens is 335 g/mol. The maximum Gasteiger partial charge on any atom is 0.573 e. The molecule has 1 aliphatic carbocycles. The second kappa shape index (κ2) is 6.78. The molecule has 0 spiro atoms. The Kier molecular flexibility index (Phi) is 4.69. The van der Waals surface area contributed by atoms with Crippen LogP contribution in [0.2, 0.25) is 0 Å². The van der Waals surface area contributed by atoms with Gasteiger partial charge in [-0.15, -0.1) is 13.2 Å². The Bertz CT molecular complexity index is 767. The Morgan fingerprint density at radius 3 is 2.60 bits per heavy atom. The third-order valence-electron chi connectivity index (χ3n) is 4.21. The van der Waals surface area contributed by atoms with Gasteiger partial charge in [-0.3, -0.25) is 9.48 Å². The van der Waals surface area contributed by atoms with Crippen LogP contribution in [0, 0.1) is 0 Å². The largest absolute Gasteiger partial charge is 0.573 e. The second-order valence-corrected chi connectivity index (χ2v) is 5.96. The highest BCUT2D eigenvalue weighted by atomic mass is 19.4. The monoisotopic (exact) mass is 353 g/mol. The molecule has 0 unspecified atom stereocenters. The van der Waals surface area contributed by atoms with Gasteiger partial charge in [0.1, 0.15) is 5.75 Å². The number of ether oxygens (including phenoxy) is 1. The number of carbonyl (C=O) groups is 1. The lowest BCUT2D eigenvalue weighted by Gasteiger charge is -2.13. The summed E-state index contributed by atoms with van der Waals surface area (Å²) in [7, 11) is 1.90. The van der Waals surface area contributed by atoms with E-state index in [1.54, 1.807) is 0 Å². The van der Waals surface area contributed by atoms with Crippen LogP contribution in [-0.2, 0) is 26.4 Å². The highest BCUT2D eigenvalue weighted by Gasteiger charge is 2.31. The molecule has 2 aromatic rings. The average molecular weight is 353 g/mol. The number of alkyl halides is 3. The summed E-state index contributed by atoms with van der Waals surface area (Å²) in [6.45, 7) is 0.294. The molecule has 0 radical (unpaired) electrons. The summed E-state index contributed by atoms with van der Waals surface area (Å²) in [5.41, 5.74) is 3.52. The zero-order valence-electron chi connectivity index (χ0n) is 13.7. The van der Waals surface area contributed by atoms with E-state index in [2.05, 4.69) is 15.2 Å². The highest BCUT2D eigenvalue weighted by molar-refractivity contribution is 5.94. The van der Waals surface area contributed by atoms with Gasteiger partial charge in [-0.25, -0.2) is 0 Å². The molecule has 1 amide bonds. The van der Waals surface area contributed by atoms with E-state index in [1.807, 2.05) is 11.7 Å². The van der Waals surface area contributed by atoms with Crippen molar-refractivity contribution < 1.29 is 22.7 Å². The molecule has 0 saturated carbocycles. The average Bonchev–Trinajstić information content (AvgIpc) is 2.88. The number of rotatable bonds is 4. The molecule has 0 aliphatic heterocycles. The molecule has 3 rings (SSSR count). The molecule has 0 saturated heterocycles. The summed E-state index contributed by atoms with van der Waals surface area (Å²) in [5, 5.41) is 7.24. The zero-order chi connectivity index (χ0) is 18.0. The third kappa shape index (κ3) is 4.12. The molecule has 1 aromatic carbocycles. The van der Waals surface area contributed by atoms with E-state index in [-0.39, 0.29) is 17.2 Å². The number of aromatic nitrogens is 2. The molecule has 0 bridgehead atoms. The molecule has 5 nitrogen and oxygen atoms in total. The van der Waals surface area contributed by atoms with Crippen molar-refractivity contribution in [1.29, 1.82) is 0 Å². The van der Waals surface area contributed by atoms with Gasteiger partial charge in [0.25, 0.3) is 5.91 Å². The first kappa shape index (κ1) is 17.3. The fraction of sp³-hybridized carbons (Fsp3) is 0.412. The van der Waals surface area contributed by atoms with Crippen LogP contribution in [0.3, 0.4) is 0 Å². The summed E-state index contributed by atoms with van der Waals surface area (Å²) in [6, 6.07) is 4.82. The molecule has 1 N–H and O–H groups in total. The van der Waals surface area contributed by atoms with Gasteiger partial charge in [-0.2, -0.15) is 5.10 Å². The first-order chi connectivity index (χ1) is 11.8. The maximum absolute atomic E-state index is 12.2. The molecule has 1 aromatic heterocycles. The van der Waals surface area contributed by atoms with Gasteiger partial charge >= 0.3 is 6.36 Å². The van der Waals surface area contributed by atoms with Crippen molar-refractivity contribution >= 4 is 5.91 Å². The predicted molar refractivity (Wildman–Crippen MR) is 84.1 cm³/mol. The number of benzene rings is 1. The number of hydrogen-bond acceptors (Lipinski definition) is 3. The number of aryl methyl sites for hydroxylation is 1. The maximum atomic E-state index is 12.2. The molecule has 8 heteroatoms. The smallest absolute Gasteiger partial charge is 0.406 e. The van der Waals surface area contributed by atoms with Crippen molar-refractivity contribution in [2.75, 3.05) is 0 Å². The molecule has 134 valence electrons. The first-order valence-electron chi connectivity index (χ1n) is 8.01. The van der Waals surface area contributed by atoms with E-state index in [4.69, 9.17) is 0 Å². The summed E-state index contributed by atoms with van der Waals surface area (Å²) < 4.78 is 42.1. The summed E-state index contributed by atoms with van der Waals surface area (Å²) in [4.78, 5) is 12.2. The van der Waals surface area contributed by atoms with Crippen LogP contribution in [0.1, 0.15) is 40.2 Å². The molecule has 25 heavy (non-hydrogen) atoms. The van der Waals surface area contributed by atoms with E-state index >= 15 is 0 Å². The van der Waals surface area contributed by atoms with Gasteiger partial charge in [-0.1, -0.05) is 0 Å². The molecular formula is C17H18F3N3O2. The number of nitrogens with one attached hydrogen (secondary N) is 1. The topological polar surface area (TPSA) is 56.2 Å². The van der Waals surface area contributed by atoms with E-state index in [0.717, 1.165) is 43.5 Å². The van der Waals surface area contributed by atoms with Crippen LogP contribution in [0.15, 0.2) is 24.3 Å². The van der Waals surface area contributed by atoms with Crippen molar-refractivity contribution in [1.82, 2.24) is 15.1 Å². The van der Waals surface area contributed by atoms with Crippen LogP contribution in [0.5, 0.6) is 5.75 Å². The van der Waals surface area contributed by atoms with Crippen molar-refractivity contribution in [3.63, 3.8) is 0 Å². The van der Waals surface area contributed by atoms with Crippen LogP contribution in [-0.4, -0.2) is 22.1 Å². The Balaban J connectivity index is 1.63. The lowest BCUT2D eigenvalue weighted by Crippen LogP contribution is -2.24. The van der Waals surface area contributed by atoms with Crippen molar-refractivity contribution in [2.45, 2.75) is 38.6 Å². The van der Waals surface area contributed by atoms with E-state index in [1.165, 1.54) is 23.4 Å². The summed E-state index contributed by atoms with van der Waals surface area (Å²) in [5.74, 6) is -0.725. The fourth-order valence-corrected chi connectivity index (χ4v) is 3.08. The Labute approximate surface area is 142 Å². The molecule has 0 fully saturated rings. The van der Waals surface area contributed by atoms with Crippen LogP contribution in [0.4, 0.5) is 13.2 Å². The Hall–Kier alpha value is -2.51. The molecule has 1 heterocycles. The first-order valence-corrected chi connectivity index (χ1v) is 8.01. The van der Waals surface area contributed by atoms with E-state index in [9.17, 15) is 18.0 Å². The third-order valence-corrected chi connectivity index (χ3v) is 4.21. The summed E-state index contributed by atoms with van der Waals surface area (Å²) >= 11 is 0. The van der Waals surface area contributed by atoms with Crippen LogP contribution >= 0.6 is 0 Å². The number of halogens is 3. The van der Waals surface area contributed by atoms with Gasteiger partial charge in [0.15, 0.2) is 0 Å². The minimum absolute atomic E-state index is 0.263. The minimum atomic E-state index is -4.75. The van der Waals surface area contributed by atoms with Crippen molar-refractivity contribution in [3.05, 3.63) is 46.8 Å². The van der Waals surface area contributed by atoms with Gasteiger partial charge in [0.05, 0.1) is 12.2 Å². The van der Waals surface area contributed by atoms with Crippen molar-refractivity contribution in [3.8, 4) is 5.75 Å². The molecule has 1 aliphatic rings. The van der Waals surface area contributed by atoms with Crippen LogP contribution < -0.4 is 10.1 Å². The van der Waals surface area contributed by atoms with Gasteiger partial charge in [0.2, 0.25) is 0 Å². The highest BCUT2D eigenvalue weighted by Crippen LogP contribution is 2.24. The van der Waals surface area contributed by atoms with Crippen molar-refractivity contribution in [2.24, 2.45) is 7.05 Å². The number of nitrogens with zero attached hydrogens (tertiary/aromatic N) is 2. The zero-order valence-corrected chi connectivity index (χ0v) is 13.7. The number of fused-ring (bicyclic) bond motifs is 1. The Morgan fingerprint density at radius 2 is 1.92 bits per heavy atom. The Morgan fingerprint density at radius 1 is 1.24 bits per heavy atom. The lowest BCUT2D eigenvalue weighted by atomic mass is 9.95. The lowest BCUT2D eigenvalue weighted by molar-refractivity contribution is -0.274. The number of hydrogen-bond donors (Lipinski definition) is 1.